The monoisotopic (exact) mass is 431 g/mol. The number of carbonyl (C=O) groups is 2. The van der Waals surface area contributed by atoms with Gasteiger partial charge in [0, 0.05) is 5.69 Å². The van der Waals surface area contributed by atoms with Gasteiger partial charge in [-0.2, -0.15) is 5.10 Å². The fraction of sp³-hybridized carbons (Fsp3) is 0.200. The number of rotatable bonds is 5. The van der Waals surface area contributed by atoms with Crippen LogP contribution >= 0.6 is 11.6 Å². The number of nitrogens with zero attached hydrogens (tertiary/aromatic N) is 3. The summed E-state index contributed by atoms with van der Waals surface area (Å²) in [6.45, 7) is 5.19. The molecule has 0 aliphatic rings. The van der Waals surface area contributed by atoms with Gasteiger partial charge in [0.25, 0.3) is 11.8 Å². The number of pyridine rings is 1. The first-order chi connectivity index (χ1) is 14.2. The van der Waals surface area contributed by atoms with Crippen LogP contribution < -0.4 is 15.6 Å². The highest BCUT2D eigenvalue weighted by atomic mass is 35.5. The van der Waals surface area contributed by atoms with E-state index in [9.17, 15) is 14.0 Å². The van der Waals surface area contributed by atoms with E-state index in [1.165, 1.54) is 37.3 Å². The van der Waals surface area contributed by atoms with Gasteiger partial charge < -0.3 is 4.74 Å². The Labute approximate surface area is 177 Å². The minimum atomic E-state index is -0.944. The van der Waals surface area contributed by atoms with Crippen LogP contribution in [0.3, 0.4) is 0 Å². The summed E-state index contributed by atoms with van der Waals surface area (Å²) < 4.78 is 19.9. The van der Waals surface area contributed by atoms with Crippen molar-refractivity contribution in [1.82, 2.24) is 25.6 Å². The van der Waals surface area contributed by atoms with Crippen molar-refractivity contribution in [2.45, 2.75) is 26.9 Å². The van der Waals surface area contributed by atoms with Crippen LogP contribution in [0.5, 0.6) is 5.75 Å². The zero-order chi connectivity index (χ0) is 21.8. The van der Waals surface area contributed by atoms with E-state index in [2.05, 4.69) is 20.9 Å². The number of nitrogens with one attached hydrogen (secondary N) is 2. The number of hydrogen-bond acceptors (Lipinski definition) is 5. The number of hydrazine groups is 1. The van der Waals surface area contributed by atoms with E-state index in [1.807, 2.05) is 19.9 Å². The molecule has 0 aliphatic heterocycles. The molecule has 8 nitrogen and oxygen atoms in total. The van der Waals surface area contributed by atoms with Crippen LogP contribution in [0.2, 0.25) is 5.02 Å². The number of amides is 2. The molecule has 0 aliphatic carbocycles. The molecule has 10 heteroatoms. The molecule has 2 amide bonds. The minimum Gasteiger partial charge on any atom is -0.481 e. The van der Waals surface area contributed by atoms with E-state index in [4.69, 9.17) is 16.3 Å². The first-order valence-corrected chi connectivity index (χ1v) is 9.35. The Hall–Kier alpha value is -3.46. The Kier molecular flexibility index (Phi) is 6.31. The molecule has 0 fully saturated rings. The number of aryl methyl sites for hydroxylation is 2. The molecule has 3 aromatic rings. The molecule has 3 rings (SSSR count). The molecular formula is C20H19ClFN5O3. The number of aromatic nitrogens is 3. The molecule has 0 radical (unpaired) electrons. The van der Waals surface area contributed by atoms with Crippen molar-refractivity contribution >= 4 is 23.4 Å². The third-order valence-corrected chi connectivity index (χ3v) is 4.37. The zero-order valence-corrected chi connectivity index (χ0v) is 17.2. The molecule has 0 bridgehead atoms. The van der Waals surface area contributed by atoms with Gasteiger partial charge in [-0.25, -0.2) is 14.1 Å². The lowest BCUT2D eigenvalue weighted by Gasteiger charge is -2.15. The van der Waals surface area contributed by atoms with Gasteiger partial charge in [-0.05, 0) is 63.2 Å². The van der Waals surface area contributed by atoms with Crippen LogP contribution in [-0.4, -0.2) is 32.7 Å². The first-order valence-electron chi connectivity index (χ1n) is 8.97. The number of ether oxygens (including phenoxy) is 1. The second-order valence-electron chi connectivity index (χ2n) is 6.50. The quantitative estimate of drug-likeness (QED) is 0.605. The molecule has 2 heterocycles. The van der Waals surface area contributed by atoms with Crippen molar-refractivity contribution in [1.29, 1.82) is 0 Å². The number of halogens is 2. The van der Waals surface area contributed by atoms with E-state index < -0.39 is 23.7 Å². The predicted molar refractivity (Wildman–Crippen MR) is 108 cm³/mol. The van der Waals surface area contributed by atoms with Gasteiger partial charge >= 0.3 is 0 Å². The SMILES string of the molecule is Cc1cc(C)n(-c2ccc(Cl)c(C(=O)NNC(=O)C(C)Oc3ccc(F)cc3)n2)n1. The molecule has 0 spiro atoms. The van der Waals surface area contributed by atoms with Gasteiger partial charge in [0.2, 0.25) is 0 Å². The summed E-state index contributed by atoms with van der Waals surface area (Å²) in [5.41, 5.74) is 6.08. The third kappa shape index (κ3) is 4.93. The summed E-state index contributed by atoms with van der Waals surface area (Å²) in [5, 5.41) is 4.44. The van der Waals surface area contributed by atoms with Gasteiger partial charge in [-0.15, -0.1) is 0 Å². The summed E-state index contributed by atoms with van der Waals surface area (Å²) in [5.74, 6) is -1.01. The van der Waals surface area contributed by atoms with Crippen LogP contribution in [0.25, 0.3) is 5.82 Å². The summed E-state index contributed by atoms with van der Waals surface area (Å²) >= 11 is 6.10. The van der Waals surface area contributed by atoms with Crippen LogP contribution in [0.4, 0.5) is 4.39 Å². The van der Waals surface area contributed by atoms with E-state index >= 15 is 0 Å². The van der Waals surface area contributed by atoms with Gasteiger partial charge in [0.05, 0.1) is 10.7 Å². The largest absolute Gasteiger partial charge is 0.481 e. The topological polar surface area (TPSA) is 98.1 Å². The molecule has 0 saturated heterocycles. The van der Waals surface area contributed by atoms with Crippen molar-refractivity contribution in [3.63, 3.8) is 0 Å². The predicted octanol–water partition coefficient (Wildman–Crippen LogP) is 2.91. The maximum Gasteiger partial charge on any atom is 0.289 e. The Bertz CT molecular complexity index is 1080. The minimum absolute atomic E-state index is 0.0749. The molecule has 0 saturated carbocycles. The van der Waals surface area contributed by atoms with Gasteiger partial charge in [0.1, 0.15) is 11.6 Å². The highest BCUT2D eigenvalue weighted by molar-refractivity contribution is 6.33. The van der Waals surface area contributed by atoms with E-state index in [1.54, 1.807) is 10.7 Å². The smallest absolute Gasteiger partial charge is 0.289 e. The van der Waals surface area contributed by atoms with Crippen LogP contribution in [-0.2, 0) is 4.79 Å². The zero-order valence-electron chi connectivity index (χ0n) is 16.4. The number of hydrogen-bond donors (Lipinski definition) is 2. The highest BCUT2D eigenvalue weighted by Crippen LogP contribution is 2.18. The second-order valence-corrected chi connectivity index (χ2v) is 6.90. The lowest BCUT2D eigenvalue weighted by Crippen LogP contribution is -2.47. The molecular weight excluding hydrogens is 413 g/mol. The average Bonchev–Trinajstić information content (AvgIpc) is 3.06. The van der Waals surface area contributed by atoms with Gasteiger partial charge in [-0.1, -0.05) is 11.6 Å². The summed E-state index contributed by atoms with van der Waals surface area (Å²) in [6.07, 6.45) is -0.944. The van der Waals surface area contributed by atoms with Gasteiger partial charge in [0.15, 0.2) is 17.6 Å². The number of benzene rings is 1. The van der Waals surface area contributed by atoms with Crippen molar-refractivity contribution in [3.05, 3.63) is 70.4 Å². The number of carbonyl (C=O) groups excluding carboxylic acids is 2. The van der Waals surface area contributed by atoms with E-state index in [-0.39, 0.29) is 10.7 Å². The standard InChI is InChI=1S/C20H19ClFN5O3/c1-11-10-12(2)27(26-11)17-9-8-16(21)18(23-17)20(29)25-24-19(28)13(3)30-15-6-4-14(22)5-7-15/h4-10,13H,1-3H3,(H,24,28)(H,25,29). The molecule has 2 N–H and O–H groups in total. The fourth-order valence-corrected chi connectivity index (χ4v) is 2.81. The van der Waals surface area contributed by atoms with E-state index in [0.717, 1.165) is 11.4 Å². The van der Waals surface area contributed by atoms with Crippen molar-refractivity contribution in [2.75, 3.05) is 0 Å². The summed E-state index contributed by atoms with van der Waals surface area (Å²) in [4.78, 5) is 28.9. The van der Waals surface area contributed by atoms with Crippen molar-refractivity contribution in [3.8, 4) is 11.6 Å². The lowest BCUT2D eigenvalue weighted by atomic mass is 10.3. The summed E-state index contributed by atoms with van der Waals surface area (Å²) in [6, 6.07) is 10.3. The lowest BCUT2D eigenvalue weighted by molar-refractivity contribution is -0.128. The molecule has 156 valence electrons. The van der Waals surface area contributed by atoms with Crippen LogP contribution in [0, 0.1) is 19.7 Å². The molecule has 30 heavy (non-hydrogen) atoms. The van der Waals surface area contributed by atoms with Crippen molar-refractivity contribution in [2.24, 2.45) is 0 Å². The Balaban J connectivity index is 1.65. The Morgan fingerprint density at radius 1 is 1.13 bits per heavy atom. The maximum atomic E-state index is 12.9. The second kappa shape index (κ2) is 8.91. The first kappa shape index (κ1) is 21.3. The molecule has 1 atom stereocenters. The fourth-order valence-electron chi connectivity index (χ4n) is 2.62. The molecule has 1 unspecified atom stereocenters. The average molecular weight is 432 g/mol. The molecule has 2 aromatic heterocycles. The normalized spacial score (nSPS) is 11.6. The van der Waals surface area contributed by atoms with Crippen LogP contribution in [0.15, 0.2) is 42.5 Å². The summed E-state index contributed by atoms with van der Waals surface area (Å²) in [7, 11) is 0. The maximum absolute atomic E-state index is 12.9. The highest BCUT2D eigenvalue weighted by Gasteiger charge is 2.19. The molecule has 1 aromatic carbocycles. The van der Waals surface area contributed by atoms with Crippen molar-refractivity contribution < 1.29 is 18.7 Å². The third-order valence-electron chi connectivity index (χ3n) is 4.07. The van der Waals surface area contributed by atoms with Gasteiger partial charge in [-0.3, -0.25) is 20.4 Å². The van der Waals surface area contributed by atoms with Crippen LogP contribution in [0.1, 0.15) is 28.8 Å². The van der Waals surface area contributed by atoms with E-state index in [0.29, 0.717) is 11.6 Å². The Morgan fingerprint density at radius 2 is 1.83 bits per heavy atom. The Morgan fingerprint density at radius 3 is 2.47 bits per heavy atom.